The second-order valence-corrected chi connectivity index (χ2v) is 5.51. The number of ether oxygens (including phenoxy) is 3. The van der Waals surface area contributed by atoms with Crippen molar-refractivity contribution in [2.45, 2.75) is 6.42 Å². The van der Waals surface area contributed by atoms with E-state index in [1.165, 1.54) is 31.8 Å². The highest BCUT2D eigenvalue weighted by Crippen LogP contribution is 2.38. The summed E-state index contributed by atoms with van der Waals surface area (Å²) >= 11 is 1.53. The highest BCUT2D eigenvalue weighted by molar-refractivity contribution is 7.10. The number of thiophene rings is 1. The summed E-state index contributed by atoms with van der Waals surface area (Å²) in [6.45, 7) is 0. The van der Waals surface area contributed by atoms with Gasteiger partial charge >= 0.3 is 0 Å². The van der Waals surface area contributed by atoms with E-state index in [0.717, 1.165) is 4.88 Å². The average Bonchev–Trinajstić information content (AvgIpc) is 3.06. The van der Waals surface area contributed by atoms with Crippen LogP contribution in [-0.4, -0.2) is 33.5 Å². The molecule has 1 amide bonds. The summed E-state index contributed by atoms with van der Waals surface area (Å²) in [6, 6.07) is 7.33. The van der Waals surface area contributed by atoms with Gasteiger partial charge in [-0.3, -0.25) is 4.79 Å². The van der Waals surface area contributed by atoms with Crippen molar-refractivity contribution in [2.75, 3.05) is 21.3 Å². The van der Waals surface area contributed by atoms with Gasteiger partial charge in [0.1, 0.15) is 0 Å². The molecule has 0 atom stereocenters. The van der Waals surface area contributed by atoms with Crippen molar-refractivity contribution in [3.8, 4) is 17.2 Å². The molecule has 1 aromatic heterocycles. The normalized spacial score (nSPS) is 10.6. The Labute approximate surface area is 138 Å². The maximum Gasteiger partial charge on any atom is 0.245 e. The Balaban J connectivity index is 2.08. The number of amides is 1. The van der Waals surface area contributed by atoms with Gasteiger partial charge in [0.25, 0.3) is 0 Å². The molecule has 7 heteroatoms. The number of rotatable bonds is 7. The van der Waals surface area contributed by atoms with Crippen LogP contribution in [0.15, 0.2) is 34.7 Å². The number of methoxy groups -OCH3 is 3. The van der Waals surface area contributed by atoms with Crippen LogP contribution >= 0.6 is 11.3 Å². The van der Waals surface area contributed by atoms with Crippen LogP contribution in [0.25, 0.3) is 0 Å². The van der Waals surface area contributed by atoms with Crippen molar-refractivity contribution in [1.29, 1.82) is 0 Å². The number of hydrogen-bond acceptors (Lipinski definition) is 6. The Hall–Kier alpha value is -2.54. The number of nitrogens with zero attached hydrogens (tertiary/aromatic N) is 1. The predicted octanol–water partition coefficient (Wildman–Crippen LogP) is 2.47. The van der Waals surface area contributed by atoms with E-state index in [0.29, 0.717) is 29.2 Å². The van der Waals surface area contributed by atoms with Gasteiger partial charge in [-0.15, -0.1) is 11.3 Å². The van der Waals surface area contributed by atoms with Crippen molar-refractivity contribution in [3.63, 3.8) is 0 Å². The summed E-state index contributed by atoms with van der Waals surface area (Å²) in [5, 5.41) is 5.90. The number of carbonyl (C=O) groups is 1. The molecule has 0 unspecified atom stereocenters. The number of hydrogen-bond donors (Lipinski definition) is 1. The first-order valence-electron chi connectivity index (χ1n) is 6.82. The number of carbonyl (C=O) groups excluding carboxylic acids is 1. The first kappa shape index (κ1) is 16.8. The van der Waals surface area contributed by atoms with Crippen LogP contribution in [0, 0.1) is 0 Å². The number of hydrazone groups is 1. The highest BCUT2D eigenvalue weighted by atomic mass is 32.1. The van der Waals surface area contributed by atoms with Crippen LogP contribution in [0.2, 0.25) is 0 Å². The minimum absolute atomic E-state index is 0.178. The standard InChI is InChI=1S/C16H18N2O4S/c1-20-13-7-6-11(15(21-2)16(13)22-3)10-17-18-14(19)9-12-5-4-8-23-12/h4-8,10H,9H2,1-3H3,(H,18,19). The van der Waals surface area contributed by atoms with Crippen molar-refractivity contribution < 1.29 is 19.0 Å². The molecule has 0 fully saturated rings. The zero-order valence-corrected chi connectivity index (χ0v) is 14.0. The zero-order valence-electron chi connectivity index (χ0n) is 13.2. The van der Waals surface area contributed by atoms with Gasteiger partial charge in [0.15, 0.2) is 11.5 Å². The fraction of sp³-hybridized carbons (Fsp3) is 0.250. The molecule has 23 heavy (non-hydrogen) atoms. The van der Waals surface area contributed by atoms with E-state index in [1.54, 1.807) is 19.2 Å². The molecule has 0 spiro atoms. The van der Waals surface area contributed by atoms with Gasteiger partial charge in [0.05, 0.1) is 34.0 Å². The Morgan fingerprint density at radius 1 is 1.17 bits per heavy atom. The molecule has 0 bridgehead atoms. The molecular formula is C16H18N2O4S. The predicted molar refractivity (Wildman–Crippen MR) is 89.9 cm³/mol. The number of benzene rings is 1. The van der Waals surface area contributed by atoms with E-state index in [9.17, 15) is 4.79 Å². The van der Waals surface area contributed by atoms with Crippen LogP contribution in [-0.2, 0) is 11.2 Å². The van der Waals surface area contributed by atoms with Crippen molar-refractivity contribution in [3.05, 3.63) is 40.1 Å². The van der Waals surface area contributed by atoms with E-state index < -0.39 is 0 Å². The van der Waals surface area contributed by atoms with Crippen molar-refractivity contribution in [2.24, 2.45) is 5.10 Å². The fourth-order valence-corrected chi connectivity index (χ4v) is 2.71. The quantitative estimate of drug-likeness (QED) is 0.624. The summed E-state index contributed by atoms with van der Waals surface area (Å²) in [5.74, 6) is 1.35. The minimum Gasteiger partial charge on any atom is -0.493 e. The lowest BCUT2D eigenvalue weighted by Gasteiger charge is -2.13. The third-order valence-electron chi connectivity index (χ3n) is 3.04. The smallest absolute Gasteiger partial charge is 0.245 e. The van der Waals surface area contributed by atoms with Gasteiger partial charge in [-0.2, -0.15) is 5.10 Å². The van der Waals surface area contributed by atoms with Gasteiger partial charge in [-0.05, 0) is 23.6 Å². The van der Waals surface area contributed by atoms with E-state index in [4.69, 9.17) is 14.2 Å². The molecule has 0 saturated carbocycles. The fourth-order valence-electron chi connectivity index (χ4n) is 2.01. The Kier molecular flexibility index (Phi) is 5.99. The summed E-state index contributed by atoms with van der Waals surface area (Å²) in [7, 11) is 4.62. The summed E-state index contributed by atoms with van der Waals surface area (Å²) in [5.41, 5.74) is 3.16. The SMILES string of the molecule is COc1ccc(C=NNC(=O)Cc2cccs2)c(OC)c1OC. The molecule has 2 rings (SSSR count). The average molecular weight is 334 g/mol. The Morgan fingerprint density at radius 2 is 1.96 bits per heavy atom. The topological polar surface area (TPSA) is 69.2 Å². The lowest BCUT2D eigenvalue weighted by molar-refractivity contribution is -0.120. The zero-order chi connectivity index (χ0) is 16.7. The van der Waals surface area contributed by atoms with Crippen LogP contribution in [0.3, 0.4) is 0 Å². The lowest BCUT2D eigenvalue weighted by Crippen LogP contribution is -2.19. The molecule has 1 N–H and O–H groups in total. The highest BCUT2D eigenvalue weighted by Gasteiger charge is 2.14. The van der Waals surface area contributed by atoms with E-state index in [-0.39, 0.29) is 5.91 Å². The van der Waals surface area contributed by atoms with Gasteiger partial charge < -0.3 is 14.2 Å². The van der Waals surface area contributed by atoms with E-state index >= 15 is 0 Å². The van der Waals surface area contributed by atoms with Crippen molar-refractivity contribution >= 4 is 23.5 Å². The molecule has 0 aliphatic heterocycles. The molecule has 0 radical (unpaired) electrons. The maximum atomic E-state index is 11.8. The largest absolute Gasteiger partial charge is 0.493 e. The van der Waals surface area contributed by atoms with Crippen LogP contribution in [0.5, 0.6) is 17.2 Å². The van der Waals surface area contributed by atoms with Crippen LogP contribution in [0.1, 0.15) is 10.4 Å². The van der Waals surface area contributed by atoms with E-state index in [1.807, 2.05) is 17.5 Å². The first-order chi connectivity index (χ1) is 11.2. The molecule has 122 valence electrons. The second-order valence-electron chi connectivity index (χ2n) is 4.47. The molecule has 1 aromatic carbocycles. The summed E-state index contributed by atoms with van der Waals surface area (Å²) < 4.78 is 15.9. The van der Waals surface area contributed by atoms with Gasteiger partial charge in [-0.1, -0.05) is 6.07 Å². The first-order valence-corrected chi connectivity index (χ1v) is 7.70. The Bertz CT molecular complexity index is 684. The van der Waals surface area contributed by atoms with Crippen molar-refractivity contribution in [1.82, 2.24) is 5.43 Å². The van der Waals surface area contributed by atoms with E-state index in [2.05, 4.69) is 10.5 Å². The van der Waals surface area contributed by atoms with Gasteiger partial charge in [0.2, 0.25) is 11.7 Å². The molecule has 0 saturated heterocycles. The molecule has 2 aromatic rings. The van der Waals surface area contributed by atoms with Gasteiger partial charge in [0, 0.05) is 10.4 Å². The monoisotopic (exact) mass is 334 g/mol. The minimum atomic E-state index is -0.178. The maximum absolute atomic E-state index is 11.8. The van der Waals surface area contributed by atoms with Crippen LogP contribution in [0.4, 0.5) is 0 Å². The Morgan fingerprint density at radius 3 is 2.57 bits per heavy atom. The molecule has 0 aliphatic rings. The summed E-state index contributed by atoms with van der Waals surface area (Å²) in [6.07, 6.45) is 1.81. The third-order valence-corrected chi connectivity index (χ3v) is 3.92. The van der Waals surface area contributed by atoms with Gasteiger partial charge in [-0.25, -0.2) is 5.43 Å². The molecule has 6 nitrogen and oxygen atoms in total. The lowest BCUT2D eigenvalue weighted by atomic mass is 10.2. The molecule has 0 aliphatic carbocycles. The second kappa shape index (κ2) is 8.19. The van der Waals surface area contributed by atoms with Crippen LogP contribution < -0.4 is 19.6 Å². The summed E-state index contributed by atoms with van der Waals surface area (Å²) in [4.78, 5) is 12.8. The number of nitrogens with one attached hydrogen (secondary N) is 1. The molecular weight excluding hydrogens is 316 g/mol. The molecule has 1 heterocycles. The third kappa shape index (κ3) is 4.23.